The molecule has 0 bridgehead atoms. The van der Waals surface area contributed by atoms with E-state index in [1.54, 1.807) is 39.8 Å². The van der Waals surface area contributed by atoms with Crippen LogP contribution in [-0.2, 0) is 28.6 Å². The maximum Gasteiger partial charge on any atom is 0.408 e. The summed E-state index contributed by atoms with van der Waals surface area (Å²) in [5.74, 6) is -2.00. The number of carbonyl (C=O) groups excluding carboxylic acids is 4. The summed E-state index contributed by atoms with van der Waals surface area (Å²) >= 11 is 0. The van der Waals surface area contributed by atoms with Crippen LogP contribution in [0.25, 0.3) is 0 Å². The van der Waals surface area contributed by atoms with Crippen molar-refractivity contribution in [2.24, 2.45) is 5.92 Å². The summed E-state index contributed by atoms with van der Waals surface area (Å²) in [6.07, 6.45) is 2.64. The average Bonchev–Trinajstić information content (AvgIpc) is 3.39. The molecule has 11 nitrogen and oxygen atoms in total. The van der Waals surface area contributed by atoms with E-state index in [9.17, 15) is 24.3 Å². The topological polar surface area (TPSA) is 143 Å². The fourth-order valence-corrected chi connectivity index (χ4v) is 4.25. The van der Waals surface area contributed by atoms with Crippen molar-refractivity contribution in [2.75, 3.05) is 26.4 Å². The first-order valence-corrected chi connectivity index (χ1v) is 12.7. The van der Waals surface area contributed by atoms with E-state index in [-0.39, 0.29) is 38.5 Å². The average molecular weight is 524 g/mol. The molecule has 0 spiro atoms. The van der Waals surface area contributed by atoms with Gasteiger partial charge in [0.1, 0.15) is 23.2 Å². The highest BCUT2D eigenvalue weighted by Crippen LogP contribution is 2.45. The van der Waals surface area contributed by atoms with Crippen molar-refractivity contribution in [1.29, 1.82) is 0 Å². The van der Waals surface area contributed by atoms with Crippen molar-refractivity contribution in [3.63, 3.8) is 0 Å². The zero-order valence-corrected chi connectivity index (χ0v) is 22.3. The third-order valence-corrected chi connectivity index (χ3v) is 6.16. The van der Waals surface area contributed by atoms with Crippen molar-refractivity contribution in [3.8, 4) is 0 Å². The lowest BCUT2D eigenvalue weighted by Crippen LogP contribution is -2.57. The molecule has 3 N–H and O–H groups in total. The molecule has 2 aliphatic rings. The summed E-state index contributed by atoms with van der Waals surface area (Å²) in [5, 5.41) is 15.7. The number of hydrogen-bond acceptors (Lipinski definition) is 8. The molecular formula is C26H41N3O8. The number of carbonyl (C=O) groups is 4. The minimum atomic E-state index is -1.23. The maximum absolute atomic E-state index is 13.6. The van der Waals surface area contributed by atoms with Crippen LogP contribution in [0.4, 0.5) is 4.79 Å². The molecule has 0 radical (unpaired) electrons. The molecule has 2 fully saturated rings. The number of aliphatic hydroxyl groups is 1. The zero-order valence-electron chi connectivity index (χ0n) is 22.3. The van der Waals surface area contributed by atoms with Gasteiger partial charge in [0.15, 0.2) is 0 Å². The molecule has 0 aromatic heterocycles. The number of ether oxygens (including phenoxy) is 3. The summed E-state index contributed by atoms with van der Waals surface area (Å²) in [6.45, 7) is 14.7. The van der Waals surface area contributed by atoms with Gasteiger partial charge in [0, 0.05) is 38.5 Å². The van der Waals surface area contributed by atoms with E-state index in [1.165, 1.54) is 4.90 Å². The van der Waals surface area contributed by atoms with Gasteiger partial charge < -0.3 is 34.9 Å². The quantitative estimate of drug-likeness (QED) is 0.187. The van der Waals surface area contributed by atoms with Crippen LogP contribution in [0.15, 0.2) is 25.3 Å². The lowest BCUT2D eigenvalue weighted by atomic mass is 10.1. The van der Waals surface area contributed by atoms with Crippen molar-refractivity contribution < 1.29 is 38.5 Å². The van der Waals surface area contributed by atoms with Crippen LogP contribution in [-0.4, -0.2) is 89.6 Å². The Kier molecular flexibility index (Phi) is 10.7. The monoisotopic (exact) mass is 523 g/mol. The number of nitrogens with one attached hydrogen (secondary N) is 2. The number of β-amino-alcohol motifs (C(OH)–C–C–N with tert-alkyl or cyclic N) is 1. The fraction of sp³-hybridized carbons (Fsp3) is 0.692. The van der Waals surface area contributed by atoms with E-state index >= 15 is 0 Å². The summed E-state index contributed by atoms with van der Waals surface area (Å²) in [6, 6.07) is -2.09. The number of nitrogens with zero attached hydrogens (tertiary/aromatic N) is 1. The number of alkyl carbamates (subject to hydrolysis) is 1. The van der Waals surface area contributed by atoms with Crippen LogP contribution in [0.2, 0.25) is 0 Å². The molecule has 1 heterocycles. The van der Waals surface area contributed by atoms with E-state index < -0.39 is 53.2 Å². The predicted octanol–water partition coefficient (Wildman–Crippen LogP) is 1.45. The normalized spacial score (nSPS) is 25.5. The molecule has 0 aromatic rings. The van der Waals surface area contributed by atoms with Crippen LogP contribution >= 0.6 is 0 Å². The molecule has 5 atom stereocenters. The van der Waals surface area contributed by atoms with Crippen LogP contribution in [0.1, 0.15) is 53.4 Å². The van der Waals surface area contributed by atoms with Gasteiger partial charge in [-0.2, -0.15) is 0 Å². The third-order valence-electron chi connectivity index (χ3n) is 6.16. The first-order chi connectivity index (χ1) is 17.4. The van der Waals surface area contributed by atoms with Crippen LogP contribution in [0.5, 0.6) is 0 Å². The lowest BCUT2D eigenvalue weighted by molar-refractivity contribution is -0.150. The highest BCUT2D eigenvalue weighted by atomic mass is 16.6. The number of aliphatic hydroxyl groups excluding tert-OH is 1. The standard InChI is InChI=1S/C26H41N3O8/c1-7-10-12-35-13-11-19(27-24(34)37-25(4,5)6)22(32)29-16-18(30)14-20(29)21(31)28-26(15-17(26)8-2)23(33)36-9-3/h7-8,17-20,30H,1-2,9-16H2,3-6H3,(H,27,34)(H,28,31)/t17-,18-,19+,20+,26-/m1/s1. The smallest absolute Gasteiger partial charge is 0.408 e. The second-order valence-electron chi connectivity index (χ2n) is 10.3. The molecule has 0 unspecified atom stereocenters. The molecule has 208 valence electrons. The minimum absolute atomic E-state index is 0.00970. The van der Waals surface area contributed by atoms with Gasteiger partial charge in [0.2, 0.25) is 11.8 Å². The molecule has 1 saturated carbocycles. The van der Waals surface area contributed by atoms with Gasteiger partial charge in [-0.1, -0.05) is 12.2 Å². The second-order valence-corrected chi connectivity index (χ2v) is 10.3. The molecule has 1 saturated heterocycles. The summed E-state index contributed by atoms with van der Waals surface area (Å²) in [4.78, 5) is 53.1. The van der Waals surface area contributed by atoms with Gasteiger partial charge in [-0.3, -0.25) is 9.59 Å². The second kappa shape index (κ2) is 13.0. The van der Waals surface area contributed by atoms with Crippen molar-refractivity contribution in [3.05, 3.63) is 25.3 Å². The molecule has 1 aliphatic carbocycles. The highest BCUT2D eigenvalue weighted by molar-refractivity contribution is 5.96. The third kappa shape index (κ3) is 8.29. The molecular weight excluding hydrogens is 482 g/mol. The Morgan fingerprint density at radius 2 is 1.92 bits per heavy atom. The Bertz CT molecular complexity index is 870. The van der Waals surface area contributed by atoms with Gasteiger partial charge in [-0.25, -0.2) is 9.59 Å². The maximum atomic E-state index is 13.6. The minimum Gasteiger partial charge on any atom is -0.464 e. The predicted molar refractivity (Wildman–Crippen MR) is 135 cm³/mol. The largest absolute Gasteiger partial charge is 0.464 e. The van der Waals surface area contributed by atoms with Crippen molar-refractivity contribution in [1.82, 2.24) is 15.5 Å². The number of rotatable bonds is 13. The molecule has 3 amide bonds. The number of esters is 1. The Balaban J connectivity index is 2.17. The van der Waals surface area contributed by atoms with Crippen molar-refractivity contribution >= 4 is 23.9 Å². The summed E-state index contributed by atoms with van der Waals surface area (Å²) < 4.78 is 16.0. The Hall–Kier alpha value is -2.92. The first-order valence-electron chi connectivity index (χ1n) is 12.7. The molecule has 2 rings (SSSR count). The highest BCUT2D eigenvalue weighted by Gasteiger charge is 2.62. The summed E-state index contributed by atoms with van der Waals surface area (Å²) in [5.41, 5.74) is -2.01. The zero-order chi connectivity index (χ0) is 27.8. The Labute approximate surface area is 218 Å². The van der Waals surface area contributed by atoms with E-state index in [1.807, 2.05) is 0 Å². The van der Waals surface area contributed by atoms with E-state index in [4.69, 9.17) is 14.2 Å². The SMILES string of the molecule is C=CCCOCC[C@H](NC(=O)OC(C)(C)C)C(=O)N1C[C@H](O)C[C@H]1C(=O)N[C@]1(C(=O)OCC)C[C@H]1C=C. The van der Waals surface area contributed by atoms with Gasteiger partial charge in [0.05, 0.1) is 12.7 Å². The molecule has 0 aromatic carbocycles. The van der Waals surface area contributed by atoms with Crippen LogP contribution < -0.4 is 10.6 Å². The Morgan fingerprint density at radius 1 is 1.22 bits per heavy atom. The first kappa shape index (κ1) is 30.3. The van der Waals surface area contributed by atoms with E-state index in [0.717, 1.165) is 0 Å². The van der Waals surface area contributed by atoms with Gasteiger partial charge in [-0.15, -0.1) is 13.2 Å². The van der Waals surface area contributed by atoms with E-state index in [0.29, 0.717) is 19.4 Å². The number of hydrogen-bond donors (Lipinski definition) is 3. The van der Waals surface area contributed by atoms with Crippen molar-refractivity contribution in [2.45, 2.75) is 82.7 Å². The number of amides is 3. The molecule has 1 aliphatic heterocycles. The number of likely N-dealkylation sites (tertiary alicyclic amines) is 1. The van der Waals surface area contributed by atoms with Crippen LogP contribution in [0.3, 0.4) is 0 Å². The summed E-state index contributed by atoms with van der Waals surface area (Å²) in [7, 11) is 0. The van der Waals surface area contributed by atoms with Gasteiger partial charge in [0.25, 0.3) is 0 Å². The fourth-order valence-electron chi connectivity index (χ4n) is 4.25. The molecule has 11 heteroatoms. The van der Waals surface area contributed by atoms with E-state index in [2.05, 4.69) is 23.8 Å². The van der Waals surface area contributed by atoms with Gasteiger partial charge >= 0.3 is 12.1 Å². The van der Waals surface area contributed by atoms with Crippen LogP contribution in [0, 0.1) is 5.92 Å². The molecule has 37 heavy (non-hydrogen) atoms. The van der Waals surface area contributed by atoms with Gasteiger partial charge in [-0.05, 0) is 40.5 Å². The lowest BCUT2D eigenvalue weighted by Gasteiger charge is -2.30. The Morgan fingerprint density at radius 3 is 2.49 bits per heavy atom.